The van der Waals surface area contributed by atoms with E-state index < -0.39 is 47.9 Å². The van der Waals surface area contributed by atoms with Crippen LogP contribution in [0.2, 0.25) is 0 Å². The molecule has 1 aliphatic heterocycles. The van der Waals surface area contributed by atoms with Crippen molar-refractivity contribution in [3.05, 3.63) is 129 Å². The molecule has 1 saturated heterocycles. The number of likely N-dealkylation sites (tertiary alicyclic amines) is 1. The third kappa shape index (κ3) is 9.08. The molecule has 310 valence electrons. The molecule has 1 aromatic heterocycles. The van der Waals surface area contributed by atoms with Gasteiger partial charge in [-0.15, -0.1) is 0 Å². The van der Waals surface area contributed by atoms with Crippen molar-refractivity contribution >= 4 is 5.91 Å². The quantitative estimate of drug-likeness (QED) is 0.162. The number of aliphatic hydroxyl groups excluding tert-OH is 1. The van der Waals surface area contributed by atoms with Gasteiger partial charge in [-0.05, 0) is 96.4 Å². The summed E-state index contributed by atoms with van der Waals surface area (Å²) in [6.07, 6.45) is -7.21. The summed E-state index contributed by atoms with van der Waals surface area (Å²) in [5, 5.41) is 10.9. The molecule has 2 aliphatic carbocycles. The SMILES string of the molecule is COc1ccc(CO[C@H]2CC(C)(C)Cc3nc(C4CCN(C(=O)[C@H](O)c5ccccc5)CC4)c([C@@H](F)c4ccc(C(F)(F)F)cc4)c(C4CCC(F)(F)CC4)c32)cc1. The van der Waals surface area contributed by atoms with Crippen LogP contribution in [0.1, 0.15) is 139 Å². The lowest BCUT2D eigenvalue weighted by molar-refractivity contribution is -0.141. The van der Waals surface area contributed by atoms with Gasteiger partial charge in [0.2, 0.25) is 5.92 Å². The number of fused-ring (bicyclic) bond motifs is 1. The van der Waals surface area contributed by atoms with Gasteiger partial charge in [-0.1, -0.05) is 68.4 Å². The number of piperidine rings is 1. The monoisotopic (exact) mass is 808 g/mol. The van der Waals surface area contributed by atoms with E-state index in [0.717, 1.165) is 29.8 Å². The average molecular weight is 809 g/mol. The van der Waals surface area contributed by atoms with Crippen LogP contribution >= 0.6 is 0 Å². The van der Waals surface area contributed by atoms with Crippen LogP contribution in [0, 0.1) is 5.41 Å². The Labute approximate surface area is 335 Å². The van der Waals surface area contributed by atoms with Gasteiger partial charge in [-0.2, -0.15) is 13.2 Å². The number of hydrogen-bond donors (Lipinski definition) is 1. The normalized spacial score (nSPS) is 20.9. The largest absolute Gasteiger partial charge is 0.497 e. The molecule has 1 N–H and O–H groups in total. The number of halogens is 6. The molecule has 2 fully saturated rings. The Bertz CT molecular complexity index is 2040. The number of rotatable bonds is 10. The molecular weight excluding hydrogens is 759 g/mol. The van der Waals surface area contributed by atoms with Gasteiger partial charge in [0, 0.05) is 48.7 Å². The molecule has 58 heavy (non-hydrogen) atoms. The van der Waals surface area contributed by atoms with E-state index in [-0.39, 0.29) is 67.8 Å². The fourth-order valence-corrected chi connectivity index (χ4v) is 9.07. The number of nitrogens with zero attached hydrogens (tertiary/aromatic N) is 2. The molecule has 12 heteroatoms. The fraction of sp³-hybridized carbons (Fsp3) is 0.478. The third-order valence-electron chi connectivity index (χ3n) is 12.2. The fourth-order valence-electron chi connectivity index (χ4n) is 9.07. The van der Waals surface area contributed by atoms with Crippen molar-refractivity contribution in [2.45, 2.75) is 114 Å². The third-order valence-corrected chi connectivity index (χ3v) is 12.2. The summed E-state index contributed by atoms with van der Waals surface area (Å²) in [6, 6.07) is 20.1. The van der Waals surface area contributed by atoms with Crippen LogP contribution in [0.25, 0.3) is 0 Å². The Balaban J connectivity index is 1.33. The van der Waals surface area contributed by atoms with E-state index in [1.807, 2.05) is 24.3 Å². The Hall–Kier alpha value is -4.42. The summed E-state index contributed by atoms with van der Waals surface area (Å²) in [7, 11) is 1.58. The number of amides is 1. The molecule has 4 aromatic rings. The van der Waals surface area contributed by atoms with Crippen molar-refractivity contribution in [2.24, 2.45) is 5.41 Å². The second-order valence-electron chi connectivity index (χ2n) is 16.9. The molecule has 1 amide bonds. The smallest absolute Gasteiger partial charge is 0.416 e. The number of methoxy groups -OCH3 is 1. The number of aliphatic hydroxyl groups is 1. The van der Waals surface area contributed by atoms with Crippen LogP contribution in [0.15, 0.2) is 78.9 Å². The summed E-state index contributed by atoms with van der Waals surface area (Å²) >= 11 is 0. The number of alkyl halides is 6. The second kappa shape index (κ2) is 16.7. The van der Waals surface area contributed by atoms with Crippen LogP contribution < -0.4 is 4.74 Å². The van der Waals surface area contributed by atoms with Gasteiger partial charge < -0.3 is 19.5 Å². The van der Waals surface area contributed by atoms with Gasteiger partial charge in [-0.25, -0.2) is 13.2 Å². The Morgan fingerprint density at radius 2 is 1.52 bits per heavy atom. The summed E-state index contributed by atoms with van der Waals surface area (Å²) < 4.78 is 100. The zero-order valence-corrected chi connectivity index (χ0v) is 33.0. The van der Waals surface area contributed by atoms with Crippen LogP contribution in [0.4, 0.5) is 26.3 Å². The zero-order valence-electron chi connectivity index (χ0n) is 33.0. The molecule has 7 rings (SSSR count). The number of carbonyl (C=O) groups is 1. The van der Waals surface area contributed by atoms with Gasteiger partial charge in [0.05, 0.1) is 31.1 Å². The highest BCUT2D eigenvalue weighted by atomic mass is 19.4. The van der Waals surface area contributed by atoms with Crippen molar-refractivity contribution in [3.63, 3.8) is 0 Å². The lowest BCUT2D eigenvalue weighted by Gasteiger charge is -2.42. The first kappa shape index (κ1) is 41.7. The van der Waals surface area contributed by atoms with Crippen molar-refractivity contribution in [1.82, 2.24) is 9.88 Å². The predicted octanol–water partition coefficient (Wildman–Crippen LogP) is 11.1. The summed E-state index contributed by atoms with van der Waals surface area (Å²) in [5.41, 5.74) is 2.77. The Kier molecular flexibility index (Phi) is 12.0. The Morgan fingerprint density at radius 1 is 0.879 bits per heavy atom. The number of hydrogen-bond acceptors (Lipinski definition) is 5. The van der Waals surface area contributed by atoms with E-state index in [9.17, 15) is 31.9 Å². The first-order chi connectivity index (χ1) is 27.5. The number of pyridine rings is 1. The second-order valence-corrected chi connectivity index (χ2v) is 16.9. The highest BCUT2D eigenvalue weighted by Crippen LogP contribution is 2.53. The zero-order chi connectivity index (χ0) is 41.4. The molecular formula is C46H50F6N2O4. The van der Waals surface area contributed by atoms with E-state index >= 15 is 4.39 Å². The molecule has 0 spiro atoms. The van der Waals surface area contributed by atoms with E-state index in [4.69, 9.17) is 14.5 Å². The highest BCUT2D eigenvalue weighted by molar-refractivity contribution is 5.82. The number of aromatic nitrogens is 1. The van der Waals surface area contributed by atoms with Crippen molar-refractivity contribution in [1.29, 1.82) is 0 Å². The molecule has 2 heterocycles. The van der Waals surface area contributed by atoms with Crippen molar-refractivity contribution in [2.75, 3.05) is 20.2 Å². The highest BCUT2D eigenvalue weighted by Gasteiger charge is 2.44. The van der Waals surface area contributed by atoms with Crippen LogP contribution in [0.3, 0.4) is 0 Å². The minimum absolute atomic E-state index is 0.00354. The first-order valence-electron chi connectivity index (χ1n) is 20.1. The summed E-state index contributed by atoms with van der Waals surface area (Å²) in [4.78, 5) is 20.3. The molecule has 1 saturated carbocycles. The van der Waals surface area contributed by atoms with E-state index in [0.29, 0.717) is 59.5 Å². The van der Waals surface area contributed by atoms with Gasteiger partial charge >= 0.3 is 6.18 Å². The molecule has 6 nitrogen and oxygen atoms in total. The van der Waals surface area contributed by atoms with Crippen molar-refractivity contribution < 1.29 is 45.7 Å². The van der Waals surface area contributed by atoms with Gasteiger partial charge in [-0.3, -0.25) is 9.78 Å². The molecule has 3 atom stereocenters. The van der Waals surface area contributed by atoms with E-state index in [2.05, 4.69) is 13.8 Å². The number of ether oxygens (including phenoxy) is 2. The number of benzene rings is 3. The maximum atomic E-state index is 17.7. The maximum Gasteiger partial charge on any atom is 0.416 e. The number of carbonyl (C=O) groups excluding carboxylic acids is 1. The molecule has 0 unspecified atom stereocenters. The van der Waals surface area contributed by atoms with Crippen LogP contribution in [-0.2, 0) is 28.7 Å². The minimum atomic E-state index is -4.62. The van der Waals surface area contributed by atoms with E-state index in [1.165, 1.54) is 0 Å². The van der Waals surface area contributed by atoms with Gasteiger partial charge in [0.25, 0.3) is 5.91 Å². The maximum absolute atomic E-state index is 17.7. The standard InChI is InChI=1S/C46H50F6N2O4/c1-44(2)25-35-38(36(26-44)58-27-28-9-15-34(57-3)16-10-28)37(29-17-21-45(48,49)22-18-29)39(40(47)30-11-13-33(14-12-30)46(50,51)52)41(53-35)31-19-23-54(24-20-31)43(56)42(55)32-7-5-4-6-8-32/h4-16,29,31,36,40,42,55H,17-27H2,1-3H3/t36-,40-,42+/m0/s1. The van der Waals surface area contributed by atoms with Gasteiger partial charge in [0.15, 0.2) is 12.3 Å². The lowest BCUT2D eigenvalue weighted by atomic mass is 9.68. The van der Waals surface area contributed by atoms with E-state index in [1.54, 1.807) is 42.3 Å². The van der Waals surface area contributed by atoms with Crippen molar-refractivity contribution in [3.8, 4) is 5.75 Å². The molecule has 0 bridgehead atoms. The lowest BCUT2D eigenvalue weighted by Crippen LogP contribution is -2.41. The topological polar surface area (TPSA) is 71.9 Å². The average Bonchev–Trinajstić information content (AvgIpc) is 3.21. The summed E-state index contributed by atoms with van der Waals surface area (Å²) in [5.74, 6) is -3.47. The molecule has 3 aliphatic rings. The van der Waals surface area contributed by atoms with Crippen LogP contribution in [0.5, 0.6) is 5.75 Å². The van der Waals surface area contributed by atoms with Gasteiger partial charge in [0.1, 0.15) is 5.75 Å². The first-order valence-corrected chi connectivity index (χ1v) is 20.1. The van der Waals surface area contributed by atoms with Crippen LogP contribution in [-0.4, -0.2) is 47.0 Å². The predicted molar refractivity (Wildman–Crippen MR) is 207 cm³/mol. The molecule has 0 radical (unpaired) electrons. The minimum Gasteiger partial charge on any atom is -0.497 e. The molecule has 3 aromatic carbocycles. The Morgan fingerprint density at radius 3 is 2.12 bits per heavy atom. The summed E-state index contributed by atoms with van der Waals surface area (Å²) in [6.45, 7) is 4.94.